The van der Waals surface area contributed by atoms with E-state index in [-0.39, 0.29) is 40.9 Å². The smallest absolute Gasteiger partial charge is 0.342 e. The molecule has 0 saturated carbocycles. The number of carbonyl (C=O) groups is 1. The molecule has 1 heterocycles. The quantitative estimate of drug-likeness (QED) is 0.311. The zero-order valence-electron chi connectivity index (χ0n) is 18.6. The van der Waals surface area contributed by atoms with Gasteiger partial charge in [0.1, 0.15) is 41.5 Å². The number of aliphatic hydroxyl groups excluding tert-OH is 4. The molecule has 182 valence electrons. The van der Waals surface area contributed by atoms with Gasteiger partial charge in [-0.05, 0) is 26.7 Å². The molecule has 33 heavy (non-hydrogen) atoms. The fourth-order valence-corrected chi connectivity index (χ4v) is 3.85. The van der Waals surface area contributed by atoms with Crippen LogP contribution in [0.15, 0.2) is 24.3 Å². The van der Waals surface area contributed by atoms with Crippen molar-refractivity contribution in [1.29, 1.82) is 0 Å². The number of hydrogen-bond donors (Lipinski definition) is 6. The molecular formula is C23H30O10. The Morgan fingerprint density at radius 1 is 1.09 bits per heavy atom. The van der Waals surface area contributed by atoms with E-state index in [4.69, 9.17) is 14.2 Å². The maximum absolute atomic E-state index is 12.6. The summed E-state index contributed by atoms with van der Waals surface area (Å²) >= 11 is 0. The Kier molecular flexibility index (Phi) is 7.47. The lowest BCUT2D eigenvalue weighted by atomic mass is 9.91. The van der Waals surface area contributed by atoms with Crippen molar-refractivity contribution in [2.75, 3.05) is 13.7 Å². The molecule has 2 aromatic rings. The van der Waals surface area contributed by atoms with Crippen LogP contribution in [0.3, 0.4) is 0 Å². The average molecular weight is 466 g/mol. The van der Waals surface area contributed by atoms with Crippen LogP contribution in [-0.4, -0.2) is 86.6 Å². The van der Waals surface area contributed by atoms with Crippen LogP contribution in [0.5, 0.6) is 11.5 Å². The van der Waals surface area contributed by atoms with Gasteiger partial charge in [0, 0.05) is 16.3 Å². The van der Waals surface area contributed by atoms with E-state index < -0.39 is 48.9 Å². The highest BCUT2D eigenvalue weighted by Crippen LogP contribution is 2.43. The normalized spacial score (nSPS) is 25.8. The van der Waals surface area contributed by atoms with Crippen molar-refractivity contribution in [3.63, 3.8) is 0 Å². The number of aliphatic hydroxyl groups is 5. The van der Waals surface area contributed by atoms with Gasteiger partial charge in [0.2, 0.25) is 6.29 Å². The molecule has 0 aliphatic carbocycles. The largest absolute Gasteiger partial charge is 0.506 e. The first-order valence-corrected chi connectivity index (χ1v) is 10.5. The SMILES string of the molecule is COC(=O)c1c(CCC(C)(C)O)c(O[C@@H]2O[C@H](CO)[C@@H](O)[C@H](O)[C@H]2O)c2ccccc2c1O. The molecule has 10 heteroatoms. The first kappa shape index (κ1) is 25.2. The highest BCUT2D eigenvalue weighted by molar-refractivity contribution is 6.05. The molecule has 0 unspecified atom stereocenters. The lowest BCUT2D eigenvalue weighted by Crippen LogP contribution is -2.60. The van der Waals surface area contributed by atoms with Gasteiger partial charge in [-0.3, -0.25) is 0 Å². The van der Waals surface area contributed by atoms with Crippen molar-refractivity contribution in [2.24, 2.45) is 0 Å². The Balaban J connectivity index is 2.19. The van der Waals surface area contributed by atoms with Gasteiger partial charge in [-0.2, -0.15) is 0 Å². The predicted octanol–water partition coefficient (Wildman–Crippen LogP) is 0.214. The van der Waals surface area contributed by atoms with Gasteiger partial charge in [-0.1, -0.05) is 24.3 Å². The van der Waals surface area contributed by atoms with Gasteiger partial charge in [0.25, 0.3) is 0 Å². The van der Waals surface area contributed by atoms with Crippen molar-refractivity contribution >= 4 is 16.7 Å². The molecule has 1 saturated heterocycles. The van der Waals surface area contributed by atoms with Gasteiger partial charge >= 0.3 is 5.97 Å². The fraction of sp³-hybridized carbons (Fsp3) is 0.522. The van der Waals surface area contributed by atoms with E-state index in [1.165, 1.54) is 0 Å². The predicted molar refractivity (Wildman–Crippen MR) is 116 cm³/mol. The molecule has 6 N–H and O–H groups in total. The lowest BCUT2D eigenvalue weighted by Gasteiger charge is -2.40. The Hall–Kier alpha value is -2.47. The highest BCUT2D eigenvalue weighted by atomic mass is 16.7. The zero-order chi connectivity index (χ0) is 24.5. The number of fused-ring (bicyclic) bond motifs is 1. The van der Waals surface area contributed by atoms with Gasteiger partial charge in [0.05, 0.1) is 19.3 Å². The topological polar surface area (TPSA) is 166 Å². The summed E-state index contributed by atoms with van der Waals surface area (Å²) in [5.41, 5.74) is -1.08. The average Bonchev–Trinajstić information content (AvgIpc) is 2.78. The maximum Gasteiger partial charge on any atom is 0.342 e. The molecule has 2 aromatic carbocycles. The van der Waals surface area contributed by atoms with E-state index >= 15 is 0 Å². The van der Waals surface area contributed by atoms with Crippen LogP contribution in [0.25, 0.3) is 10.8 Å². The van der Waals surface area contributed by atoms with Gasteiger partial charge in [-0.25, -0.2) is 4.79 Å². The lowest BCUT2D eigenvalue weighted by molar-refractivity contribution is -0.277. The van der Waals surface area contributed by atoms with Crippen LogP contribution in [0, 0.1) is 0 Å². The Morgan fingerprint density at radius 3 is 2.30 bits per heavy atom. The summed E-state index contributed by atoms with van der Waals surface area (Å²) in [6.45, 7) is 2.54. The van der Waals surface area contributed by atoms with Crippen LogP contribution >= 0.6 is 0 Å². The zero-order valence-corrected chi connectivity index (χ0v) is 18.6. The molecular weight excluding hydrogens is 436 g/mol. The second-order valence-corrected chi connectivity index (χ2v) is 8.70. The third-order valence-electron chi connectivity index (χ3n) is 5.70. The summed E-state index contributed by atoms with van der Waals surface area (Å²) in [6, 6.07) is 6.52. The van der Waals surface area contributed by atoms with E-state index in [2.05, 4.69) is 0 Å². The summed E-state index contributed by atoms with van der Waals surface area (Å²) < 4.78 is 16.3. The number of ether oxygens (including phenoxy) is 3. The Morgan fingerprint density at radius 2 is 1.73 bits per heavy atom. The van der Waals surface area contributed by atoms with Gasteiger partial charge < -0.3 is 44.8 Å². The molecule has 3 rings (SSSR count). The molecule has 0 spiro atoms. The fourth-order valence-electron chi connectivity index (χ4n) is 3.85. The first-order valence-electron chi connectivity index (χ1n) is 10.5. The Labute approximate surface area is 190 Å². The maximum atomic E-state index is 12.6. The highest BCUT2D eigenvalue weighted by Gasteiger charge is 2.45. The van der Waals surface area contributed by atoms with Gasteiger partial charge in [-0.15, -0.1) is 0 Å². The van der Waals surface area contributed by atoms with Crippen LogP contribution in [0.4, 0.5) is 0 Å². The molecule has 5 atom stereocenters. The number of benzene rings is 2. The number of phenolic OH excluding ortho intramolecular Hbond substituents is 1. The summed E-state index contributed by atoms with van der Waals surface area (Å²) in [5, 5.41) is 61.9. The van der Waals surface area contributed by atoms with Crippen LogP contribution in [0.2, 0.25) is 0 Å². The van der Waals surface area contributed by atoms with Crippen molar-refractivity contribution in [1.82, 2.24) is 0 Å². The molecule has 1 aliphatic rings. The summed E-state index contributed by atoms with van der Waals surface area (Å²) in [7, 11) is 1.16. The van der Waals surface area contributed by atoms with Crippen LogP contribution in [-0.2, 0) is 15.9 Å². The number of rotatable bonds is 7. The number of aromatic hydroxyl groups is 1. The summed E-state index contributed by atoms with van der Waals surface area (Å²) in [6.07, 6.45) is -7.36. The van der Waals surface area contributed by atoms with Crippen molar-refractivity contribution in [2.45, 2.75) is 63.0 Å². The minimum absolute atomic E-state index is 0.0670. The van der Waals surface area contributed by atoms with Crippen LogP contribution in [0.1, 0.15) is 36.2 Å². The second kappa shape index (κ2) is 9.80. The van der Waals surface area contributed by atoms with E-state index in [1.807, 2.05) is 0 Å². The van der Waals surface area contributed by atoms with Gasteiger partial charge in [0.15, 0.2) is 0 Å². The first-order chi connectivity index (χ1) is 15.5. The number of carbonyl (C=O) groups excluding carboxylic acids is 1. The number of esters is 1. The number of phenols is 1. The molecule has 10 nitrogen and oxygen atoms in total. The van der Waals surface area contributed by atoms with E-state index in [0.717, 1.165) is 7.11 Å². The summed E-state index contributed by atoms with van der Waals surface area (Å²) in [5.74, 6) is -1.09. The standard InChI is InChI=1S/C23H30O10/c1-23(2,30)9-8-13-15(21(29)31-3)16(25)11-6-4-5-7-12(11)20(13)33-22-19(28)18(27)17(26)14(10-24)32-22/h4-7,14,17-19,22,24-28,30H,8-10H2,1-3H3/t14-,17-,18+,19-,22+/m1/s1. The second-order valence-electron chi connectivity index (χ2n) is 8.70. The summed E-state index contributed by atoms with van der Waals surface area (Å²) in [4.78, 5) is 12.6. The van der Waals surface area contributed by atoms with Crippen molar-refractivity contribution < 1.29 is 49.6 Å². The monoisotopic (exact) mass is 466 g/mol. The van der Waals surface area contributed by atoms with Crippen molar-refractivity contribution in [3.8, 4) is 11.5 Å². The van der Waals surface area contributed by atoms with E-state index in [0.29, 0.717) is 5.39 Å². The third kappa shape index (κ3) is 5.06. The molecule has 0 aromatic heterocycles. The van der Waals surface area contributed by atoms with E-state index in [9.17, 15) is 35.4 Å². The van der Waals surface area contributed by atoms with Crippen molar-refractivity contribution in [3.05, 3.63) is 35.4 Å². The molecule has 1 aliphatic heterocycles. The van der Waals surface area contributed by atoms with E-state index in [1.54, 1.807) is 38.1 Å². The number of hydrogen-bond acceptors (Lipinski definition) is 10. The molecule has 0 amide bonds. The minimum atomic E-state index is -1.68. The minimum Gasteiger partial charge on any atom is -0.506 e. The molecule has 0 bridgehead atoms. The molecule has 0 radical (unpaired) electrons. The number of methoxy groups -OCH3 is 1. The Bertz CT molecular complexity index is 997. The van der Waals surface area contributed by atoms with Crippen LogP contribution < -0.4 is 4.74 Å². The molecule has 1 fully saturated rings. The third-order valence-corrected chi connectivity index (χ3v) is 5.70.